The molecule has 5 heteroatoms. The number of benzene rings is 2. The fourth-order valence-corrected chi connectivity index (χ4v) is 2.80. The molecular formula is C20H21N3O2. The van der Waals surface area contributed by atoms with Crippen LogP contribution in [0.4, 0.5) is 10.5 Å². The van der Waals surface area contributed by atoms with Crippen LogP contribution in [-0.2, 0) is 0 Å². The van der Waals surface area contributed by atoms with E-state index in [0.717, 1.165) is 22.2 Å². The number of carbonyl (C=O) groups excluding carboxylic acids is 1. The number of nitrogens with one attached hydrogen (secondary N) is 2. The quantitative estimate of drug-likeness (QED) is 0.664. The second-order valence-corrected chi connectivity index (χ2v) is 5.90. The largest absolute Gasteiger partial charge is 0.396 e. The van der Waals surface area contributed by atoms with Crippen LogP contribution >= 0.6 is 0 Å². The minimum atomic E-state index is -0.321. The van der Waals surface area contributed by atoms with Crippen molar-refractivity contribution in [1.29, 1.82) is 0 Å². The fraction of sp³-hybridized carbons (Fsp3) is 0.200. The Morgan fingerprint density at radius 3 is 2.64 bits per heavy atom. The molecule has 3 aromatic rings. The number of carbonyl (C=O) groups is 1. The highest BCUT2D eigenvalue weighted by Crippen LogP contribution is 2.22. The van der Waals surface area contributed by atoms with Gasteiger partial charge < -0.3 is 15.7 Å². The summed E-state index contributed by atoms with van der Waals surface area (Å²) in [5.41, 5.74) is 3.27. The number of para-hydroxylation sites is 1. The Balaban J connectivity index is 1.79. The molecule has 1 atom stereocenters. The highest BCUT2D eigenvalue weighted by atomic mass is 16.3. The van der Waals surface area contributed by atoms with Gasteiger partial charge >= 0.3 is 6.03 Å². The molecule has 0 radical (unpaired) electrons. The van der Waals surface area contributed by atoms with E-state index in [1.165, 1.54) is 0 Å². The van der Waals surface area contributed by atoms with Gasteiger partial charge in [0.15, 0.2) is 0 Å². The standard InChI is InChI=1S/C20H21N3O2/c1-14-10-11-16-8-5-9-18(19(16)21-14)23-20(25)22-17(12-13-24)15-6-3-2-4-7-15/h2-11,17,24H,12-13H2,1H3,(H2,22,23,25)/t17-/m1/s1. The Morgan fingerprint density at radius 2 is 1.88 bits per heavy atom. The number of aryl methyl sites for hydroxylation is 1. The lowest BCUT2D eigenvalue weighted by Gasteiger charge is -2.19. The molecule has 3 rings (SSSR count). The van der Waals surface area contributed by atoms with Crippen LogP contribution in [0.3, 0.4) is 0 Å². The number of aliphatic hydroxyl groups excluding tert-OH is 1. The van der Waals surface area contributed by atoms with Crippen molar-refractivity contribution >= 4 is 22.6 Å². The smallest absolute Gasteiger partial charge is 0.319 e. The molecule has 0 aliphatic rings. The van der Waals surface area contributed by atoms with E-state index in [1.807, 2.05) is 67.6 Å². The molecule has 3 N–H and O–H groups in total. The second kappa shape index (κ2) is 7.77. The molecule has 1 aromatic heterocycles. The molecule has 2 aromatic carbocycles. The van der Waals surface area contributed by atoms with Crippen molar-refractivity contribution in [1.82, 2.24) is 10.3 Å². The summed E-state index contributed by atoms with van der Waals surface area (Å²) in [5.74, 6) is 0. The Hall–Kier alpha value is -2.92. The number of hydrogen-bond donors (Lipinski definition) is 3. The summed E-state index contributed by atoms with van der Waals surface area (Å²) in [7, 11) is 0. The molecule has 0 saturated carbocycles. The zero-order valence-corrected chi connectivity index (χ0v) is 14.1. The summed E-state index contributed by atoms with van der Waals surface area (Å²) in [5, 5.41) is 16.1. The normalized spacial score (nSPS) is 11.9. The van der Waals surface area contributed by atoms with Crippen LogP contribution in [0.2, 0.25) is 0 Å². The maximum absolute atomic E-state index is 12.5. The van der Waals surface area contributed by atoms with E-state index >= 15 is 0 Å². The van der Waals surface area contributed by atoms with Gasteiger partial charge in [0, 0.05) is 17.7 Å². The fourth-order valence-electron chi connectivity index (χ4n) is 2.80. The lowest BCUT2D eigenvalue weighted by molar-refractivity contribution is 0.239. The summed E-state index contributed by atoms with van der Waals surface area (Å²) in [4.78, 5) is 17.0. The number of anilines is 1. The molecular weight excluding hydrogens is 314 g/mol. The summed E-state index contributed by atoms with van der Waals surface area (Å²) in [6.45, 7) is 1.91. The average Bonchev–Trinajstić information content (AvgIpc) is 2.62. The topological polar surface area (TPSA) is 74.2 Å². The van der Waals surface area contributed by atoms with Crippen LogP contribution in [0.5, 0.6) is 0 Å². The molecule has 0 fully saturated rings. The first kappa shape index (κ1) is 16.9. The molecule has 0 aliphatic heterocycles. The Bertz CT molecular complexity index is 865. The summed E-state index contributed by atoms with van der Waals surface area (Å²) in [6.07, 6.45) is 0.449. The van der Waals surface area contributed by atoms with Gasteiger partial charge in [-0.1, -0.05) is 48.5 Å². The summed E-state index contributed by atoms with van der Waals surface area (Å²) >= 11 is 0. The van der Waals surface area contributed by atoms with Crippen LogP contribution in [0.15, 0.2) is 60.7 Å². The van der Waals surface area contributed by atoms with Gasteiger partial charge in [0.25, 0.3) is 0 Å². The van der Waals surface area contributed by atoms with Gasteiger partial charge in [0.05, 0.1) is 17.2 Å². The molecule has 1 heterocycles. The lowest BCUT2D eigenvalue weighted by atomic mass is 10.0. The van der Waals surface area contributed by atoms with Gasteiger partial charge in [0.1, 0.15) is 0 Å². The third-order valence-electron chi connectivity index (χ3n) is 4.03. The number of fused-ring (bicyclic) bond motifs is 1. The van der Waals surface area contributed by atoms with Crippen LogP contribution < -0.4 is 10.6 Å². The Morgan fingerprint density at radius 1 is 1.08 bits per heavy atom. The highest BCUT2D eigenvalue weighted by Gasteiger charge is 2.15. The van der Waals surface area contributed by atoms with Crippen LogP contribution in [-0.4, -0.2) is 22.7 Å². The lowest BCUT2D eigenvalue weighted by Crippen LogP contribution is -2.33. The van der Waals surface area contributed by atoms with Gasteiger partial charge in [-0.25, -0.2) is 4.79 Å². The van der Waals surface area contributed by atoms with Crippen LogP contribution in [0.25, 0.3) is 10.9 Å². The van der Waals surface area contributed by atoms with E-state index in [4.69, 9.17) is 0 Å². The first-order valence-corrected chi connectivity index (χ1v) is 8.27. The minimum absolute atomic E-state index is 0.00510. The SMILES string of the molecule is Cc1ccc2cccc(NC(=O)N[C@H](CCO)c3ccccc3)c2n1. The van der Waals surface area contributed by atoms with E-state index in [1.54, 1.807) is 0 Å². The van der Waals surface area contributed by atoms with Gasteiger partial charge in [-0.2, -0.15) is 0 Å². The molecule has 25 heavy (non-hydrogen) atoms. The van der Waals surface area contributed by atoms with E-state index in [2.05, 4.69) is 15.6 Å². The highest BCUT2D eigenvalue weighted by molar-refractivity contribution is 5.99. The van der Waals surface area contributed by atoms with Crippen LogP contribution in [0, 0.1) is 6.92 Å². The maximum Gasteiger partial charge on any atom is 0.319 e. The summed E-state index contributed by atoms with van der Waals surface area (Å²) < 4.78 is 0. The van der Waals surface area contributed by atoms with E-state index in [-0.39, 0.29) is 18.7 Å². The van der Waals surface area contributed by atoms with E-state index in [9.17, 15) is 9.90 Å². The van der Waals surface area contributed by atoms with Crippen molar-refractivity contribution in [3.05, 3.63) is 71.9 Å². The number of rotatable bonds is 5. The third-order valence-corrected chi connectivity index (χ3v) is 4.03. The number of amides is 2. The zero-order valence-electron chi connectivity index (χ0n) is 14.1. The first-order chi connectivity index (χ1) is 12.2. The van der Waals surface area contributed by atoms with Crippen LogP contribution in [0.1, 0.15) is 23.7 Å². The number of pyridine rings is 1. The maximum atomic E-state index is 12.5. The van der Waals surface area contributed by atoms with Gasteiger partial charge in [-0.15, -0.1) is 0 Å². The van der Waals surface area contributed by atoms with Crippen molar-refractivity contribution in [3.63, 3.8) is 0 Å². The predicted octanol–water partition coefficient (Wildman–Crippen LogP) is 3.79. The molecule has 0 bridgehead atoms. The third kappa shape index (κ3) is 4.14. The molecule has 0 unspecified atom stereocenters. The zero-order chi connectivity index (χ0) is 17.6. The minimum Gasteiger partial charge on any atom is -0.396 e. The Labute approximate surface area is 146 Å². The molecule has 5 nitrogen and oxygen atoms in total. The predicted molar refractivity (Wildman–Crippen MR) is 99.5 cm³/mol. The van der Waals surface area contributed by atoms with Gasteiger partial charge in [-0.05, 0) is 31.0 Å². The Kier molecular flexibility index (Phi) is 5.26. The molecule has 128 valence electrons. The number of aromatic nitrogens is 1. The monoisotopic (exact) mass is 335 g/mol. The van der Waals surface area contributed by atoms with Crippen molar-refractivity contribution < 1.29 is 9.90 Å². The number of hydrogen-bond acceptors (Lipinski definition) is 3. The van der Waals surface area contributed by atoms with E-state index in [0.29, 0.717) is 12.1 Å². The van der Waals surface area contributed by atoms with Crippen molar-refractivity contribution in [3.8, 4) is 0 Å². The van der Waals surface area contributed by atoms with Gasteiger partial charge in [0.2, 0.25) is 0 Å². The molecule has 0 spiro atoms. The second-order valence-electron chi connectivity index (χ2n) is 5.90. The average molecular weight is 335 g/mol. The summed E-state index contributed by atoms with van der Waals surface area (Å²) in [6, 6.07) is 18.6. The number of urea groups is 1. The number of aliphatic hydroxyl groups is 1. The van der Waals surface area contributed by atoms with Gasteiger partial charge in [-0.3, -0.25) is 4.98 Å². The van der Waals surface area contributed by atoms with E-state index < -0.39 is 0 Å². The van der Waals surface area contributed by atoms with Crippen molar-refractivity contribution in [2.24, 2.45) is 0 Å². The molecule has 2 amide bonds. The molecule has 0 aliphatic carbocycles. The molecule has 0 saturated heterocycles. The van der Waals surface area contributed by atoms with Crippen molar-refractivity contribution in [2.45, 2.75) is 19.4 Å². The number of nitrogens with zero attached hydrogens (tertiary/aromatic N) is 1. The first-order valence-electron chi connectivity index (χ1n) is 8.27. The van der Waals surface area contributed by atoms with Crippen molar-refractivity contribution in [2.75, 3.05) is 11.9 Å².